The van der Waals surface area contributed by atoms with Crippen molar-refractivity contribution in [3.8, 4) is 0 Å². The number of carbonyl (C=O) groups excluding carboxylic acids is 2. The first kappa shape index (κ1) is 18.7. The summed E-state index contributed by atoms with van der Waals surface area (Å²) in [5.41, 5.74) is -0.795. The van der Waals surface area contributed by atoms with E-state index in [0.29, 0.717) is 0 Å². The van der Waals surface area contributed by atoms with Crippen LogP contribution in [0.25, 0.3) is 0 Å². The van der Waals surface area contributed by atoms with Crippen molar-refractivity contribution in [1.82, 2.24) is 0 Å². The molecule has 0 spiro atoms. The summed E-state index contributed by atoms with van der Waals surface area (Å²) in [6.07, 6.45) is -4.14. The molecule has 0 aliphatic rings. The number of rotatable bonds is 7. The predicted octanol–water partition coefficient (Wildman–Crippen LogP) is 2.66. The van der Waals surface area contributed by atoms with Crippen molar-refractivity contribution in [2.45, 2.75) is 40.0 Å². The summed E-state index contributed by atoms with van der Waals surface area (Å²) in [7, 11) is 0. The van der Waals surface area contributed by atoms with E-state index in [-0.39, 0.29) is 5.92 Å². The lowest BCUT2D eigenvalue weighted by molar-refractivity contribution is -0.196. The number of esters is 2. The number of ether oxygens (including phenoxy) is 2. The van der Waals surface area contributed by atoms with Gasteiger partial charge in [0.15, 0.2) is 0 Å². The van der Waals surface area contributed by atoms with Gasteiger partial charge >= 0.3 is 24.3 Å². The molecule has 0 rings (SSSR count). The molecule has 0 N–H and O–H groups in total. The predicted molar refractivity (Wildman–Crippen MR) is 61.5 cm³/mol. The zero-order chi connectivity index (χ0) is 16.1. The van der Waals surface area contributed by atoms with Gasteiger partial charge in [-0.25, -0.2) is 13.6 Å². The highest BCUT2D eigenvalue weighted by atomic mass is 19.3. The first-order valence-corrected chi connectivity index (χ1v) is 5.94. The Kier molecular flexibility index (Phi) is 6.43. The molecule has 118 valence electrons. The third-order valence-electron chi connectivity index (χ3n) is 3.07. The SMILES string of the molecule is CC(C)C(C)(C)C(=O)OCCOC(=O)C(F)(F)C(F)F. The standard InChI is InChI=1S/C12H18F4O4/c1-7(2)11(3,4)9(17)19-5-6-20-10(18)12(15,16)8(13)14/h7-8H,5-6H2,1-4H3. The fraction of sp³-hybridized carbons (Fsp3) is 0.833. The fourth-order valence-corrected chi connectivity index (χ4v) is 0.876. The van der Waals surface area contributed by atoms with E-state index in [4.69, 9.17) is 4.74 Å². The average molecular weight is 302 g/mol. The van der Waals surface area contributed by atoms with Crippen LogP contribution in [0, 0.1) is 11.3 Å². The van der Waals surface area contributed by atoms with E-state index < -0.39 is 42.9 Å². The molecule has 8 heteroatoms. The lowest BCUT2D eigenvalue weighted by Gasteiger charge is -2.26. The normalized spacial score (nSPS) is 12.7. The monoisotopic (exact) mass is 302 g/mol. The van der Waals surface area contributed by atoms with Gasteiger partial charge in [-0.15, -0.1) is 0 Å². The van der Waals surface area contributed by atoms with Gasteiger partial charge in [-0.3, -0.25) is 4.79 Å². The van der Waals surface area contributed by atoms with Crippen LogP contribution in [0.2, 0.25) is 0 Å². The van der Waals surface area contributed by atoms with Crippen molar-refractivity contribution < 1.29 is 36.6 Å². The maximum absolute atomic E-state index is 12.5. The Morgan fingerprint density at radius 2 is 1.40 bits per heavy atom. The van der Waals surface area contributed by atoms with Gasteiger partial charge < -0.3 is 9.47 Å². The van der Waals surface area contributed by atoms with Gasteiger partial charge in [0, 0.05) is 0 Å². The molecule has 20 heavy (non-hydrogen) atoms. The van der Waals surface area contributed by atoms with Crippen molar-refractivity contribution >= 4 is 11.9 Å². The highest BCUT2D eigenvalue weighted by molar-refractivity contribution is 5.78. The third-order valence-corrected chi connectivity index (χ3v) is 3.07. The summed E-state index contributed by atoms with van der Waals surface area (Å²) in [6.45, 7) is 5.68. The molecular weight excluding hydrogens is 284 g/mol. The van der Waals surface area contributed by atoms with Crippen molar-refractivity contribution in [1.29, 1.82) is 0 Å². The first-order valence-electron chi connectivity index (χ1n) is 5.94. The molecule has 0 aromatic heterocycles. The molecule has 4 nitrogen and oxygen atoms in total. The molecule has 0 saturated carbocycles. The summed E-state index contributed by atoms with van der Waals surface area (Å²) in [5.74, 6) is -7.82. The summed E-state index contributed by atoms with van der Waals surface area (Å²) >= 11 is 0. The first-order chi connectivity index (χ1) is 8.94. The minimum atomic E-state index is -4.86. The molecule has 0 fully saturated rings. The van der Waals surface area contributed by atoms with E-state index in [9.17, 15) is 27.2 Å². The quantitative estimate of drug-likeness (QED) is 0.412. The molecule has 0 aliphatic heterocycles. The average Bonchev–Trinajstić information content (AvgIpc) is 2.33. The van der Waals surface area contributed by atoms with Gasteiger partial charge in [-0.1, -0.05) is 13.8 Å². The van der Waals surface area contributed by atoms with Crippen LogP contribution in [-0.4, -0.2) is 37.5 Å². The Balaban J connectivity index is 4.17. The Bertz CT molecular complexity index is 319. The van der Waals surface area contributed by atoms with E-state index in [1.165, 1.54) is 0 Å². The lowest BCUT2D eigenvalue weighted by atomic mass is 9.81. The van der Waals surface area contributed by atoms with Gasteiger partial charge in [0.05, 0.1) is 5.41 Å². The number of halogens is 4. The summed E-state index contributed by atoms with van der Waals surface area (Å²) < 4.78 is 57.3. The van der Waals surface area contributed by atoms with E-state index >= 15 is 0 Å². The van der Waals surface area contributed by atoms with Crippen LogP contribution in [0.1, 0.15) is 27.7 Å². The molecule has 0 heterocycles. The van der Waals surface area contributed by atoms with E-state index in [1.54, 1.807) is 27.7 Å². The summed E-state index contributed by atoms with van der Waals surface area (Å²) in [5, 5.41) is 0. The fourth-order valence-electron chi connectivity index (χ4n) is 0.876. The molecule has 0 aromatic carbocycles. The largest absolute Gasteiger partial charge is 0.462 e. The van der Waals surface area contributed by atoms with Crippen LogP contribution in [0.3, 0.4) is 0 Å². The van der Waals surface area contributed by atoms with Crippen LogP contribution in [0.15, 0.2) is 0 Å². The van der Waals surface area contributed by atoms with Crippen molar-refractivity contribution in [2.75, 3.05) is 13.2 Å². The van der Waals surface area contributed by atoms with Gasteiger partial charge in [0.2, 0.25) is 0 Å². The van der Waals surface area contributed by atoms with Crippen LogP contribution < -0.4 is 0 Å². The maximum Gasteiger partial charge on any atom is 0.401 e. The molecule has 0 unspecified atom stereocenters. The molecular formula is C12H18F4O4. The van der Waals surface area contributed by atoms with Crippen molar-refractivity contribution in [3.05, 3.63) is 0 Å². The molecule has 0 radical (unpaired) electrons. The molecule has 0 atom stereocenters. The van der Waals surface area contributed by atoms with Crippen molar-refractivity contribution in [3.63, 3.8) is 0 Å². The number of hydrogen-bond acceptors (Lipinski definition) is 4. The smallest absolute Gasteiger partial charge is 0.401 e. The number of carbonyl (C=O) groups is 2. The number of hydrogen-bond donors (Lipinski definition) is 0. The molecule has 0 aliphatic carbocycles. The van der Waals surface area contributed by atoms with Gasteiger partial charge in [0.1, 0.15) is 13.2 Å². The van der Waals surface area contributed by atoms with Crippen LogP contribution in [0.4, 0.5) is 17.6 Å². The van der Waals surface area contributed by atoms with Crippen LogP contribution >= 0.6 is 0 Å². The van der Waals surface area contributed by atoms with Gasteiger partial charge in [-0.2, -0.15) is 8.78 Å². The van der Waals surface area contributed by atoms with Gasteiger partial charge in [0.25, 0.3) is 0 Å². The summed E-state index contributed by atoms with van der Waals surface area (Å²) in [4.78, 5) is 22.3. The summed E-state index contributed by atoms with van der Waals surface area (Å²) in [6, 6.07) is 0. The van der Waals surface area contributed by atoms with Crippen LogP contribution in [-0.2, 0) is 19.1 Å². The lowest BCUT2D eigenvalue weighted by Crippen LogP contribution is -2.39. The van der Waals surface area contributed by atoms with E-state index in [2.05, 4.69) is 4.74 Å². The third kappa shape index (κ3) is 4.64. The minimum Gasteiger partial charge on any atom is -0.462 e. The molecule has 0 bridgehead atoms. The molecule has 0 aromatic rings. The Labute approximate surface area is 114 Å². The van der Waals surface area contributed by atoms with Gasteiger partial charge in [-0.05, 0) is 19.8 Å². The Morgan fingerprint density at radius 1 is 1.00 bits per heavy atom. The zero-order valence-electron chi connectivity index (χ0n) is 11.7. The van der Waals surface area contributed by atoms with Crippen LogP contribution in [0.5, 0.6) is 0 Å². The second-order valence-electron chi connectivity index (χ2n) is 5.07. The molecule has 0 amide bonds. The highest BCUT2D eigenvalue weighted by Gasteiger charge is 2.50. The maximum atomic E-state index is 12.5. The van der Waals surface area contributed by atoms with Crippen molar-refractivity contribution in [2.24, 2.45) is 11.3 Å². The van der Waals surface area contributed by atoms with E-state index in [1.807, 2.05) is 0 Å². The zero-order valence-corrected chi connectivity index (χ0v) is 11.7. The Hall–Kier alpha value is -1.34. The topological polar surface area (TPSA) is 52.6 Å². The molecule has 0 saturated heterocycles. The minimum absolute atomic E-state index is 0.0271. The second-order valence-corrected chi connectivity index (χ2v) is 5.07. The Morgan fingerprint density at radius 3 is 1.75 bits per heavy atom. The highest BCUT2D eigenvalue weighted by Crippen LogP contribution is 2.27. The number of alkyl halides is 4. The second kappa shape index (κ2) is 6.90. The van der Waals surface area contributed by atoms with E-state index in [0.717, 1.165) is 0 Å².